The maximum absolute atomic E-state index is 13.4. The van der Waals surface area contributed by atoms with Gasteiger partial charge >= 0.3 is 12.2 Å². The topological polar surface area (TPSA) is 73.6 Å². The number of nitrogens with zero attached hydrogens (tertiary/aromatic N) is 4. The van der Waals surface area contributed by atoms with Crippen LogP contribution in [0.15, 0.2) is 12.4 Å². The Bertz CT molecular complexity index is 584. The Kier molecular flexibility index (Phi) is 5.94. The molecule has 1 saturated heterocycles. The molecule has 1 aromatic rings. The van der Waals surface area contributed by atoms with Gasteiger partial charge in [0, 0.05) is 58.6 Å². The summed E-state index contributed by atoms with van der Waals surface area (Å²) in [5.74, 6) is -0.495. The number of carbonyl (C=O) groups is 1. The van der Waals surface area contributed by atoms with Crippen LogP contribution >= 0.6 is 0 Å². The van der Waals surface area contributed by atoms with Crippen LogP contribution in [0.25, 0.3) is 0 Å². The minimum Gasteiger partial charge on any atom is -0.374 e. The fourth-order valence-electron chi connectivity index (χ4n) is 2.87. The van der Waals surface area contributed by atoms with Gasteiger partial charge in [0.05, 0.1) is 0 Å². The second-order valence-corrected chi connectivity index (χ2v) is 6.12. The van der Waals surface area contributed by atoms with Gasteiger partial charge in [-0.15, -0.1) is 0 Å². The van der Waals surface area contributed by atoms with Crippen LogP contribution in [0, 0.1) is 0 Å². The average Bonchev–Trinajstić information content (AvgIpc) is 3.00. The van der Waals surface area contributed by atoms with Gasteiger partial charge in [0.15, 0.2) is 0 Å². The molecular formula is C15H24F3N5O2. The third-order valence-electron chi connectivity index (χ3n) is 4.53. The highest BCUT2D eigenvalue weighted by atomic mass is 19.4. The number of halogens is 3. The lowest BCUT2D eigenvalue weighted by Gasteiger charge is -2.34. The molecule has 0 radical (unpaired) electrons. The second kappa shape index (κ2) is 7.61. The van der Waals surface area contributed by atoms with Crippen LogP contribution in [0.4, 0.5) is 18.0 Å². The van der Waals surface area contributed by atoms with E-state index >= 15 is 0 Å². The molecule has 1 aromatic heterocycles. The number of rotatable bonds is 5. The fourth-order valence-corrected chi connectivity index (χ4v) is 2.87. The molecule has 0 aliphatic carbocycles. The van der Waals surface area contributed by atoms with E-state index in [9.17, 15) is 23.1 Å². The Labute approximate surface area is 144 Å². The molecule has 1 aliphatic heterocycles. The summed E-state index contributed by atoms with van der Waals surface area (Å²) in [5, 5.41) is 12.7. The van der Waals surface area contributed by atoms with Crippen molar-refractivity contribution in [2.45, 2.75) is 25.1 Å². The average molecular weight is 363 g/mol. The first-order valence-corrected chi connectivity index (χ1v) is 8.21. The largest absolute Gasteiger partial charge is 0.424 e. The van der Waals surface area contributed by atoms with Gasteiger partial charge in [-0.05, 0) is 6.54 Å². The van der Waals surface area contributed by atoms with Crippen molar-refractivity contribution < 1.29 is 23.1 Å². The monoisotopic (exact) mass is 363 g/mol. The summed E-state index contributed by atoms with van der Waals surface area (Å²) in [7, 11) is 1.38. The SMILES string of the molecule is CCN1CCN(C(=O)NCCC(O)(c2nccn2C)C(F)(F)F)CC1. The standard InChI is InChI=1S/C15H24F3N5O2/c1-3-22-8-10-23(11-9-22)13(24)20-5-4-14(25,15(16,17)18)12-19-6-7-21(12)2/h6-7,25H,3-5,8-11H2,1-2H3,(H,20,24). The van der Waals surface area contributed by atoms with Crippen LogP contribution in [0.5, 0.6) is 0 Å². The van der Waals surface area contributed by atoms with Crippen molar-refractivity contribution in [1.29, 1.82) is 0 Å². The van der Waals surface area contributed by atoms with Crippen LogP contribution in [-0.4, -0.2) is 75.9 Å². The summed E-state index contributed by atoms with van der Waals surface area (Å²) >= 11 is 0. The van der Waals surface area contributed by atoms with Crippen molar-refractivity contribution in [1.82, 2.24) is 24.7 Å². The number of piperazine rings is 1. The number of hydrogen-bond donors (Lipinski definition) is 2. The predicted molar refractivity (Wildman–Crippen MR) is 84.9 cm³/mol. The highest BCUT2D eigenvalue weighted by Crippen LogP contribution is 2.40. The third kappa shape index (κ3) is 4.24. The molecule has 1 aliphatic rings. The molecule has 0 spiro atoms. The normalized spacial score (nSPS) is 18.9. The van der Waals surface area contributed by atoms with Gasteiger partial charge in [-0.2, -0.15) is 13.2 Å². The van der Waals surface area contributed by atoms with E-state index < -0.39 is 30.1 Å². The number of aliphatic hydroxyl groups is 1. The molecule has 2 rings (SSSR count). The van der Waals surface area contributed by atoms with Crippen molar-refractivity contribution in [3.8, 4) is 0 Å². The van der Waals surface area contributed by atoms with E-state index in [4.69, 9.17) is 0 Å². The second-order valence-electron chi connectivity index (χ2n) is 6.12. The molecule has 1 atom stereocenters. The van der Waals surface area contributed by atoms with Crippen molar-refractivity contribution in [2.24, 2.45) is 7.05 Å². The van der Waals surface area contributed by atoms with Gasteiger partial charge in [0.25, 0.3) is 0 Å². The molecule has 0 aromatic carbocycles. The van der Waals surface area contributed by atoms with E-state index in [2.05, 4.69) is 15.2 Å². The molecule has 10 heteroatoms. The molecule has 2 N–H and O–H groups in total. The lowest BCUT2D eigenvalue weighted by Crippen LogP contribution is -2.52. The zero-order valence-electron chi connectivity index (χ0n) is 14.4. The zero-order valence-corrected chi connectivity index (χ0v) is 14.4. The van der Waals surface area contributed by atoms with Gasteiger partial charge in [-0.25, -0.2) is 9.78 Å². The van der Waals surface area contributed by atoms with Crippen LogP contribution in [0.3, 0.4) is 0 Å². The van der Waals surface area contributed by atoms with Gasteiger partial charge in [-0.3, -0.25) is 0 Å². The van der Waals surface area contributed by atoms with Gasteiger partial charge in [-0.1, -0.05) is 6.92 Å². The van der Waals surface area contributed by atoms with E-state index in [-0.39, 0.29) is 6.54 Å². The molecule has 1 unspecified atom stereocenters. The number of carbonyl (C=O) groups excluding carboxylic acids is 1. The van der Waals surface area contributed by atoms with Crippen LogP contribution in [0.2, 0.25) is 0 Å². The first-order valence-electron chi connectivity index (χ1n) is 8.21. The molecule has 0 saturated carbocycles. The van der Waals surface area contributed by atoms with Crippen LogP contribution in [0.1, 0.15) is 19.2 Å². The number of hydrogen-bond acceptors (Lipinski definition) is 4. The minimum absolute atomic E-state index is 0.310. The van der Waals surface area contributed by atoms with Gasteiger partial charge in [0.2, 0.25) is 5.60 Å². The Morgan fingerprint density at radius 1 is 1.32 bits per heavy atom. The number of likely N-dealkylation sites (N-methyl/N-ethyl adjacent to an activating group) is 1. The number of amides is 2. The van der Waals surface area contributed by atoms with Gasteiger partial charge < -0.3 is 24.8 Å². The maximum Gasteiger partial charge on any atom is 0.424 e. The van der Waals surface area contributed by atoms with E-state index in [1.165, 1.54) is 19.4 Å². The minimum atomic E-state index is -4.90. The molecular weight excluding hydrogens is 339 g/mol. The molecule has 142 valence electrons. The molecule has 2 amide bonds. The van der Waals surface area contributed by atoms with E-state index in [1.807, 2.05) is 6.92 Å². The van der Waals surface area contributed by atoms with Crippen molar-refractivity contribution in [3.63, 3.8) is 0 Å². The zero-order chi connectivity index (χ0) is 18.7. The van der Waals surface area contributed by atoms with Crippen molar-refractivity contribution >= 4 is 6.03 Å². The summed E-state index contributed by atoms with van der Waals surface area (Å²) in [5.41, 5.74) is -3.11. The Balaban J connectivity index is 1.94. The molecule has 7 nitrogen and oxygen atoms in total. The summed E-state index contributed by atoms with van der Waals surface area (Å²) in [6.07, 6.45) is -3.08. The lowest BCUT2D eigenvalue weighted by atomic mass is 9.97. The molecule has 1 fully saturated rings. The number of urea groups is 1. The molecule has 25 heavy (non-hydrogen) atoms. The first kappa shape index (κ1) is 19.5. The van der Waals surface area contributed by atoms with Crippen LogP contribution in [-0.2, 0) is 12.6 Å². The maximum atomic E-state index is 13.4. The highest BCUT2D eigenvalue weighted by Gasteiger charge is 2.57. The van der Waals surface area contributed by atoms with Crippen molar-refractivity contribution in [3.05, 3.63) is 18.2 Å². The summed E-state index contributed by atoms with van der Waals surface area (Å²) in [6.45, 7) is 5.16. The van der Waals surface area contributed by atoms with E-state index in [0.29, 0.717) is 13.1 Å². The number of nitrogens with one attached hydrogen (secondary N) is 1. The number of aryl methyl sites for hydroxylation is 1. The quantitative estimate of drug-likeness (QED) is 0.816. The smallest absolute Gasteiger partial charge is 0.374 e. The third-order valence-corrected chi connectivity index (χ3v) is 4.53. The predicted octanol–water partition coefficient (Wildman–Crippen LogP) is 0.907. The summed E-state index contributed by atoms with van der Waals surface area (Å²) in [4.78, 5) is 19.5. The number of aromatic nitrogens is 2. The molecule has 2 heterocycles. The summed E-state index contributed by atoms with van der Waals surface area (Å²) < 4.78 is 41.3. The fraction of sp³-hybridized carbons (Fsp3) is 0.733. The van der Waals surface area contributed by atoms with Crippen molar-refractivity contribution in [2.75, 3.05) is 39.3 Å². The Morgan fingerprint density at radius 2 is 1.96 bits per heavy atom. The Hall–Kier alpha value is -1.81. The van der Waals surface area contributed by atoms with Gasteiger partial charge in [0.1, 0.15) is 5.82 Å². The summed E-state index contributed by atoms with van der Waals surface area (Å²) in [6, 6.07) is -0.417. The Morgan fingerprint density at radius 3 is 2.44 bits per heavy atom. The first-order chi connectivity index (χ1) is 11.7. The van der Waals surface area contributed by atoms with E-state index in [0.717, 1.165) is 24.2 Å². The number of alkyl halides is 3. The molecule has 0 bridgehead atoms. The lowest BCUT2D eigenvalue weighted by molar-refractivity contribution is -0.272. The van der Waals surface area contributed by atoms with Crippen LogP contribution < -0.4 is 5.32 Å². The highest BCUT2D eigenvalue weighted by molar-refractivity contribution is 5.74. The number of imidazole rings is 1. The van der Waals surface area contributed by atoms with E-state index in [1.54, 1.807) is 4.90 Å².